The van der Waals surface area contributed by atoms with Crippen LogP contribution in [0.15, 0.2) is 24.3 Å². The zero-order valence-corrected chi connectivity index (χ0v) is 9.19. The normalized spacial score (nSPS) is 10.4. The summed E-state index contributed by atoms with van der Waals surface area (Å²) >= 11 is 0. The summed E-state index contributed by atoms with van der Waals surface area (Å²) in [6.45, 7) is 1.45. The number of ether oxygens (including phenoxy) is 1. The number of carbonyl (C=O) groups is 2. The van der Waals surface area contributed by atoms with Crippen LogP contribution in [0, 0.1) is 0 Å². The average molecular weight is 219 g/mol. The predicted octanol–water partition coefficient (Wildman–Crippen LogP) is 1.66. The van der Waals surface area contributed by atoms with Gasteiger partial charge in [-0.05, 0) is 30.7 Å². The first kappa shape index (κ1) is 12.0. The number of hydrogen-bond donors (Lipinski definition) is 1. The van der Waals surface area contributed by atoms with Crippen molar-refractivity contribution in [3.05, 3.63) is 35.4 Å². The standard InChI is InChI=1S/C12H13NO3/c1-8(14)11-7-10(13)5-3-9(11)4-6-12(15)16-2/h3-7H,13H2,1-2H3. The van der Waals surface area contributed by atoms with Crippen molar-refractivity contribution in [2.24, 2.45) is 0 Å². The maximum atomic E-state index is 11.3. The van der Waals surface area contributed by atoms with E-state index >= 15 is 0 Å². The molecule has 0 spiro atoms. The second-order valence-corrected chi connectivity index (χ2v) is 3.26. The van der Waals surface area contributed by atoms with Crippen LogP contribution in [0.1, 0.15) is 22.8 Å². The Kier molecular flexibility index (Phi) is 3.83. The number of hydrogen-bond acceptors (Lipinski definition) is 4. The first-order valence-electron chi connectivity index (χ1n) is 4.71. The van der Waals surface area contributed by atoms with Crippen LogP contribution in [-0.4, -0.2) is 18.9 Å². The minimum absolute atomic E-state index is 0.100. The molecule has 4 nitrogen and oxygen atoms in total. The lowest BCUT2D eigenvalue weighted by atomic mass is 10.0. The highest BCUT2D eigenvalue weighted by Crippen LogP contribution is 2.15. The highest BCUT2D eigenvalue weighted by Gasteiger charge is 2.05. The molecular formula is C12H13NO3. The molecule has 1 aromatic carbocycles. The number of nitrogens with two attached hydrogens (primary N) is 1. The maximum Gasteiger partial charge on any atom is 0.330 e. The van der Waals surface area contributed by atoms with Crippen molar-refractivity contribution >= 4 is 23.5 Å². The molecule has 0 atom stereocenters. The second-order valence-electron chi connectivity index (χ2n) is 3.26. The van der Waals surface area contributed by atoms with Gasteiger partial charge in [0.05, 0.1) is 7.11 Å². The number of Topliss-reactive ketones (excluding diaryl/α,β-unsaturated/α-hetero) is 1. The number of nitrogen functional groups attached to an aromatic ring is 1. The summed E-state index contributed by atoms with van der Waals surface area (Å²) in [5.74, 6) is -0.567. The lowest BCUT2D eigenvalue weighted by Gasteiger charge is -2.03. The van der Waals surface area contributed by atoms with E-state index in [1.54, 1.807) is 18.2 Å². The summed E-state index contributed by atoms with van der Waals surface area (Å²) in [5.41, 5.74) is 7.23. The van der Waals surface area contributed by atoms with Crippen molar-refractivity contribution in [3.63, 3.8) is 0 Å². The zero-order valence-electron chi connectivity index (χ0n) is 9.19. The molecular weight excluding hydrogens is 206 g/mol. The van der Waals surface area contributed by atoms with Crippen molar-refractivity contribution in [2.45, 2.75) is 6.92 Å². The van der Waals surface area contributed by atoms with E-state index in [1.807, 2.05) is 0 Å². The molecule has 0 aliphatic heterocycles. The van der Waals surface area contributed by atoms with E-state index < -0.39 is 5.97 Å². The van der Waals surface area contributed by atoms with Gasteiger partial charge in [0, 0.05) is 17.3 Å². The second kappa shape index (κ2) is 5.11. The molecule has 2 N–H and O–H groups in total. The lowest BCUT2D eigenvalue weighted by molar-refractivity contribution is -0.134. The third-order valence-electron chi connectivity index (χ3n) is 2.06. The van der Waals surface area contributed by atoms with Crippen molar-refractivity contribution in [1.29, 1.82) is 0 Å². The third-order valence-corrected chi connectivity index (χ3v) is 2.06. The van der Waals surface area contributed by atoms with Crippen molar-refractivity contribution in [3.8, 4) is 0 Å². The fourth-order valence-electron chi connectivity index (χ4n) is 1.25. The van der Waals surface area contributed by atoms with Crippen LogP contribution in [0.2, 0.25) is 0 Å². The molecule has 0 aliphatic carbocycles. The molecule has 0 unspecified atom stereocenters. The van der Waals surface area contributed by atoms with Crippen molar-refractivity contribution < 1.29 is 14.3 Å². The average Bonchev–Trinajstić information content (AvgIpc) is 2.26. The summed E-state index contributed by atoms with van der Waals surface area (Å²) in [7, 11) is 1.29. The first-order valence-corrected chi connectivity index (χ1v) is 4.71. The number of methoxy groups -OCH3 is 1. The van der Waals surface area contributed by atoms with Gasteiger partial charge in [0.1, 0.15) is 0 Å². The molecule has 1 aromatic rings. The smallest absolute Gasteiger partial charge is 0.330 e. The Morgan fingerprint density at radius 2 is 2.06 bits per heavy atom. The molecule has 0 bridgehead atoms. The van der Waals surface area contributed by atoms with Crippen molar-refractivity contribution in [2.75, 3.05) is 12.8 Å². The molecule has 4 heteroatoms. The summed E-state index contributed by atoms with van der Waals surface area (Å²) in [6.07, 6.45) is 2.79. The minimum atomic E-state index is -0.466. The largest absolute Gasteiger partial charge is 0.466 e. The Morgan fingerprint density at radius 1 is 1.38 bits per heavy atom. The van der Waals surface area contributed by atoms with Crippen LogP contribution in [0.3, 0.4) is 0 Å². The van der Waals surface area contributed by atoms with Crippen LogP contribution >= 0.6 is 0 Å². The number of carbonyl (C=O) groups excluding carboxylic acids is 2. The monoisotopic (exact) mass is 219 g/mol. The van der Waals surface area contributed by atoms with Crippen LogP contribution in [-0.2, 0) is 9.53 Å². The van der Waals surface area contributed by atoms with E-state index in [-0.39, 0.29) is 5.78 Å². The fraction of sp³-hybridized carbons (Fsp3) is 0.167. The van der Waals surface area contributed by atoms with E-state index in [2.05, 4.69) is 4.74 Å². The quantitative estimate of drug-likeness (QED) is 0.363. The Labute approximate surface area is 93.7 Å². The van der Waals surface area contributed by atoms with E-state index in [1.165, 1.54) is 26.2 Å². The SMILES string of the molecule is COC(=O)C=Cc1ccc(N)cc1C(C)=O. The number of rotatable bonds is 3. The predicted molar refractivity (Wildman–Crippen MR) is 61.9 cm³/mol. The van der Waals surface area contributed by atoms with Gasteiger partial charge in [-0.1, -0.05) is 6.07 Å². The van der Waals surface area contributed by atoms with Gasteiger partial charge < -0.3 is 10.5 Å². The van der Waals surface area contributed by atoms with Gasteiger partial charge >= 0.3 is 5.97 Å². The molecule has 0 radical (unpaired) electrons. The summed E-state index contributed by atoms with van der Waals surface area (Å²) in [6, 6.07) is 4.94. The topological polar surface area (TPSA) is 69.4 Å². The third kappa shape index (κ3) is 2.95. The van der Waals surface area contributed by atoms with Gasteiger partial charge in [-0.3, -0.25) is 4.79 Å². The highest BCUT2D eigenvalue weighted by atomic mass is 16.5. The van der Waals surface area contributed by atoms with Gasteiger partial charge in [0.15, 0.2) is 5.78 Å². The van der Waals surface area contributed by atoms with Gasteiger partial charge in [-0.25, -0.2) is 4.79 Å². The summed E-state index contributed by atoms with van der Waals surface area (Å²) < 4.78 is 4.46. The minimum Gasteiger partial charge on any atom is -0.466 e. The first-order chi connectivity index (χ1) is 7.54. The molecule has 0 aliphatic rings. The van der Waals surface area contributed by atoms with Gasteiger partial charge in [0.25, 0.3) is 0 Å². The molecule has 0 saturated heterocycles. The number of esters is 1. The molecule has 16 heavy (non-hydrogen) atoms. The fourth-order valence-corrected chi connectivity index (χ4v) is 1.25. The Hall–Kier alpha value is -2.10. The molecule has 0 heterocycles. The molecule has 0 fully saturated rings. The Balaban J connectivity index is 3.09. The van der Waals surface area contributed by atoms with Crippen LogP contribution < -0.4 is 5.73 Å². The van der Waals surface area contributed by atoms with Crippen LogP contribution in [0.25, 0.3) is 6.08 Å². The van der Waals surface area contributed by atoms with Gasteiger partial charge in [-0.15, -0.1) is 0 Å². The van der Waals surface area contributed by atoms with E-state index in [0.717, 1.165) is 0 Å². The Morgan fingerprint density at radius 3 is 2.62 bits per heavy atom. The zero-order chi connectivity index (χ0) is 12.1. The molecule has 0 amide bonds. The van der Waals surface area contributed by atoms with Crippen LogP contribution in [0.5, 0.6) is 0 Å². The Bertz CT molecular complexity index is 450. The molecule has 0 saturated carbocycles. The van der Waals surface area contributed by atoms with E-state index in [4.69, 9.17) is 5.73 Å². The number of anilines is 1. The molecule has 84 valence electrons. The van der Waals surface area contributed by atoms with Crippen LogP contribution in [0.4, 0.5) is 5.69 Å². The highest BCUT2D eigenvalue weighted by molar-refractivity contribution is 5.99. The van der Waals surface area contributed by atoms with Gasteiger partial charge in [-0.2, -0.15) is 0 Å². The summed E-state index contributed by atoms with van der Waals surface area (Å²) in [4.78, 5) is 22.2. The molecule has 1 rings (SSSR count). The van der Waals surface area contributed by atoms with E-state index in [9.17, 15) is 9.59 Å². The van der Waals surface area contributed by atoms with Crippen molar-refractivity contribution in [1.82, 2.24) is 0 Å². The van der Waals surface area contributed by atoms with E-state index in [0.29, 0.717) is 16.8 Å². The summed E-state index contributed by atoms with van der Waals surface area (Å²) in [5, 5.41) is 0. The van der Waals surface area contributed by atoms with Gasteiger partial charge in [0.2, 0.25) is 0 Å². The number of benzene rings is 1. The maximum absolute atomic E-state index is 11.3. The lowest BCUT2D eigenvalue weighted by Crippen LogP contribution is -1.99. The number of ketones is 1. The molecule has 0 aromatic heterocycles.